The van der Waals surface area contributed by atoms with Crippen LogP contribution >= 0.6 is 11.6 Å². The molecule has 0 spiro atoms. The first-order chi connectivity index (χ1) is 16.3. The maximum absolute atomic E-state index is 6.47. The Balaban J connectivity index is 1.36. The van der Waals surface area contributed by atoms with Crippen molar-refractivity contribution in [3.05, 3.63) is 102 Å². The Bertz CT molecular complexity index is 1360. The van der Waals surface area contributed by atoms with Crippen molar-refractivity contribution in [1.82, 2.24) is 19.9 Å². The van der Waals surface area contributed by atoms with Crippen LogP contribution in [0.25, 0.3) is 10.9 Å². The highest BCUT2D eigenvalue weighted by Crippen LogP contribution is 2.34. The van der Waals surface area contributed by atoms with Crippen LogP contribution in [0.3, 0.4) is 0 Å². The molecule has 0 unspecified atom stereocenters. The molecule has 2 N–H and O–H groups in total. The lowest BCUT2D eigenvalue weighted by Crippen LogP contribution is -2.01. The van der Waals surface area contributed by atoms with Crippen molar-refractivity contribution in [2.75, 3.05) is 5.32 Å². The monoisotopic (exact) mass is 457 g/mol. The van der Waals surface area contributed by atoms with Crippen LogP contribution in [-0.4, -0.2) is 19.9 Å². The molecule has 0 atom stereocenters. The molecule has 164 valence electrons. The van der Waals surface area contributed by atoms with E-state index in [1.54, 1.807) is 12.3 Å². The van der Waals surface area contributed by atoms with Crippen molar-refractivity contribution in [3.8, 4) is 11.5 Å². The van der Waals surface area contributed by atoms with Gasteiger partial charge in [-0.25, -0.2) is 9.97 Å². The van der Waals surface area contributed by atoms with Gasteiger partial charge in [0.2, 0.25) is 0 Å². The molecule has 0 fully saturated rings. The fraction of sp³-hybridized carbons (Fsp3) is 0.0800. The first-order valence-corrected chi connectivity index (χ1v) is 10.7. The van der Waals surface area contributed by atoms with Gasteiger partial charge in [-0.05, 0) is 54.6 Å². The molecule has 0 aliphatic carbocycles. The van der Waals surface area contributed by atoms with E-state index in [1.807, 2.05) is 66.9 Å². The zero-order valence-electron chi connectivity index (χ0n) is 17.5. The third-order valence-electron chi connectivity index (χ3n) is 4.97. The highest BCUT2D eigenvalue weighted by Gasteiger charge is 2.12. The summed E-state index contributed by atoms with van der Waals surface area (Å²) < 4.78 is 11.9. The molecule has 3 heterocycles. The number of aromatic nitrogens is 4. The Hall–Kier alpha value is -4.10. The van der Waals surface area contributed by atoms with Crippen LogP contribution in [-0.2, 0) is 13.2 Å². The average Bonchev–Trinajstić information content (AvgIpc) is 3.37. The van der Waals surface area contributed by atoms with E-state index in [2.05, 4.69) is 25.3 Å². The van der Waals surface area contributed by atoms with E-state index in [9.17, 15) is 0 Å². The van der Waals surface area contributed by atoms with Crippen LogP contribution in [0, 0.1) is 0 Å². The summed E-state index contributed by atoms with van der Waals surface area (Å²) in [4.78, 5) is 16.2. The number of pyridine rings is 1. The molecule has 8 heteroatoms. The van der Waals surface area contributed by atoms with Gasteiger partial charge in [-0.15, -0.1) is 0 Å². The van der Waals surface area contributed by atoms with Crippen LogP contribution in [0.15, 0.2) is 85.5 Å². The number of H-pyrrole nitrogens is 1. The van der Waals surface area contributed by atoms with Gasteiger partial charge in [-0.2, -0.15) is 0 Å². The molecular formula is C25H20ClN5O2. The van der Waals surface area contributed by atoms with E-state index >= 15 is 0 Å². The summed E-state index contributed by atoms with van der Waals surface area (Å²) in [7, 11) is 0. The SMILES string of the molecule is Clc1cc(Nc2ncnc3cccc(OCc4ccc[nH]4)c23)ccc1OCc1ccccn1. The van der Waals surface area contributed by atoms with E-state index in [0.717, 1.165) is 28.0 Å². The Labute approximate surface area is 195 Å². The number of aromatic amines is 1. The van der Waals surface area contributed by atoms with Gasteiger partial charge in [0.1, 0.15) is 36.9 Å². The molecule has 0 saturated carbocycles. The van der Waals surface area contributed by atoms with Crippen molar-refractivity contribution in [1.29, 1.82) is 0 Å². The standard InChI is InChI=1S/C25H20ClN5O2/c26-20-13-17(9-10-22(20)32-14-18-5-1-2-11-27-18)31-25-24-21(29-16-30-25)7-3-8-23(24)33-15-19-6-4-12-28-19/h1-13,16,28H,14-15H2,(H,29,30,31). The first-order valence-electron chi connectivity index (χ1n) is 10.3. The maximum atomic E-state index is 6.47. The minimum atomic E-state index is 0.339. The van der Waals surface area contributed by atoms with Crippen molar-refractivity contribution in [2.45, 2.75) is 13.2 Å². The number of nitrogens with zero attached hydrogens (tertiary/aromatic N) is 3. The lowest BCUT2D eigenvalue weighted by molar-refractivity contribution is 0.301. The normalized spacial score (nSPS) is 10.8. The fourth-order valence-corrected chi connectivity index (χ4v) is 3.61. The minimum Gasteiger partial charge on any atom is -0.487 e. The molecule has 0 aliphatic rings. The van der Waals surface area contributed by atoms with Gasteiger partial charge in [0.25, 0.3) is 0 Å². The molecule has 33 heavy (non-hydrogen) atoms. The number of anilines is 2. The number of benzene rings is 2. The lowest BCUT2D eigenvalue weighted by Gasteiger charge is -2.14. The third-order valence-corrected chi connectivity index (χ3v) is 5.26. The van der Waals surface area contributed by atoms with E-state index in [1.165, 1.54) is 6.33 Å². The van der Waals surface area contributed by atoms with Gasteiger partial charge in [-0.3, -0.25) is 4.98 Å². The van der Waals surface area contributed by atoms with Crippen LogP contribution in [0.1, 0.15) is 11.4 Å². The molecule has 3 aromatic heterocycles. The number of fused-ring (bicyclic) bond motifs is 1. The van der Waals surface area contributed by atoms with Crippen molar-refractivity contribution in [3.63, 3.8) is 0 Å². The Morgan fingerprint density at radius 3 is 2.61 bits per heavy atom. The second-order valence-corrected chi connectivity index (χ2v) is 7.64. The fourth-order valence-electron chi connectivity index (χ4n) is 3.37. The Morgan fingerprint density at radius 1 is 0.848 bits per heavy atom. The molecule has 0 bridgehead atoms. The van der Waals surface area contributed by atoms with Gasteiger partial charge in [0, 0.05) is 18.1 Å². The zero-order chi connectivity index (χ0) is 22.5. The summed E-state index contributed by atoms with van der Waals surface area (Å²) >= 11 is 6.47. The smallest absolute Gasteiger partial charge is 0.145 e. The van der Waals surface area contributed by atoms with Gasteiger partial charge in [0.05, 0.1) is 27.3 Å². The molecule has 2 aromatic carbocycles. The topological polar surface area (TPSA) is 85.0 Å². The number of ether oxygens (including phenoxy) is 2. The maximum Gasteiger partial charge on any atom is 0.145 e. The van der Waals surface area contributed by atoms with Gasteiger partial charge in [-0.1, -0.05) is 23.7 Å². The summed E-state index contributed by atoms with van der Waals surface area (Å²) in [5.41, 5.74) is 3.35. The summed E-state index contributed by atoms with van der Waals surface area (Å²) in [6, 6.07) is 20.8. The van der Waals surface area contributed by atoms with Gasteiger partial charge >= 0.3 is 0 Å². The Morgan fingerprint density at radius 2 is 1.79 bits per heavy atom. The second kappa shape index (κ2) is 9.58. The van der Waals surface area contributed by atoms with Crippen molar-refractivity contribution < 1.29 is 9.47 Å². The minimum absolute atomic E-state index is 0.339. The number of hydrogen-bond donors (Lipinski definition) is 2. The largest absolute Gasteiger partial charge is 0.487 e. The van der Waals surface area contributed by atoms with Gasteiger partial charge in [0.15, 0.2) is 0 Å². The molecular weight excluding hydrogens is 438 g/mol. The van der Waals surface area contributed by atoms with Crippen LogP contribution in [0.4, 0.5) is 11.5 Å². The summed E-state index contributed by atoms with van der Waals surface area (Å²) in [5, 5.41) is 4.60. The summed E-state index contributed by atoms with van der Waals surface area (Å²) in [5.74, 6) is 1.89. The molecule has 0 amide bonds. The van der Waals surface area contributed by atoms with Crippen molar-refractivity contribution >= 4 is 34.0 Å². The van der Waals surface area contributed by atoms with E-state index in [-0.39, 0.29) is 0 Å². The quantitative estimate of drug-likeness (QED) is 0.301. The van der Waals surface area contributed by atoms with Gasteiger partial charge < -0.3 is 19.8 Å². The molecule has 0 saturated heterocycles. The van der Waals surface area contributed by atoms with Crippen molar-refractivity contribution in [2.24, 2.45) is 0 Å². The highest BCUT2D eigenvalue weighted by molar-refractivity contribution is 6.32. The number of halogens is 1. The van der Waals surface area contributed by atoms with Crippen LogP contribution in [0.5, 0.6) is 11.5 Å². The van der Waals surface area contributed by atoms with Crippen LogP contribution in [0.2, 0.25) is 5.02 Å². The first kappa shape index (κ1) is 20.8. The van der Waals surface area contributed by atoms with E-state index in [4.69, 9.17) is 21.1 Å². The molecule has 0 radical (unpaired) electrons. The zero-order valence-corrected chi connectivity index (χ0v) is 18.3. The molecule has 7 nitrogen and oxygen atoms in total. The summed E-state index contributed by atoms with van der Waals surface area (Å²) in [6.07, 6.45) is 5.12. The molecule has 5 aromatic rings. The Kier molecular flexibility index (Phi) is 6.04. The third kappa shape index (κ3) is 4.88. The second-order valence-electron chi connectivity index (χ2n) is 7.24. The number of nitrogens with one attached hydrogen (secondary N) is 2. The average molecular weight is 458 g/mol. The number of rotatable bonds is 8. The van der Waals surface area contributed by atoms with Crippen LogP contribution < -0.4 is 14.8 Å². The molecule has 0 aliphatic heterocycles. The predicted octanol–water partition coefficient (Wildman–Crippen LogP) is 5.91. The highest BCUT2D eigenvalue weighted by atomic mass is 35.5. The molecule has 5 rings (SSSR count). The number of hydrogen-bond acceptors (Lipinski definition) is 6. The van der Waals surface area contributed by atoms with E-state index < -0.39 is 0 Å². The van der Waals surface area contributed by atoms with E-state index in [0.29, 0.717) is 35.6 Å². The summed E-state index contributed by atoms with van der Waals surface area (Å²) in [6.45, 7) is 0.750. The lowest BCUT2D eigenvalue weighted by atomic mass is 10.2. The predicted molar refractivity (Wildman–Crippen MR) is 128 cm³/mol.